The predicted octanol–water partition coefficient (Wildman–Crippen LogP) is 6.48. The molecule has 0 spiro atoms. The van der Waals surface area contributed by atoms with E-state index in [9.17, 15) is 8.42 Å². The maximum atomic E-state index is 13.2. The van der Waals surface area contributed by atoms with E-state index in [4.69, 9.17) is 11.6 Å². The first-order valence-electron chi connectivity index (χ1n) is 10.4. The molecule has 4 aromatic rings. The minimum atomic E-state index is -3.49. The van der Waals surface area contributed by atoms with E-state index in [2.05, 4.69) is 35.3 Å². The molecule has 162 valence electrons. The quantitative estimate of drug-likeness (QED) is 0.335. The topological polar surface area (TPSA) is 50.3 Å². The number of pyridine rings is 1. The highest BCUT2D eigenvalue weighted by molar-refractivity contribution is 7.91. The average molecular weight is 481 g/mol. The zero-order chi connectivity index (χ0) is 22.1. The molecule has 2 aromatic heterocycles. The molecule has 0 unspecified atom stereocenters. The van der Waals surface area contributed by atoms with Crippen LogP contribution in [0.1, 0.15) is 18.4 Å². The van der Waals surface area contributed by atoms with Gasteiger partial charge in [0.05, 0.1) is 0 Å². The highest BCUT2D eigenvalue weighted by Gasteiger charge is 2.29. The fourth-order valence-corrected chi connectivity index (χ4v) is 7.22. The van der Waals surface area contributed by atoms with Crippen LogP contribution >= 0.6 is 22.9 Å². The summed E-state index contributed by atoms with van der Waals surface area (Å²) in [6.07, 6.45) is 7.24. The molecule has 0 atom stereocenters. The van der Waals surface area contributed by atoms with E-state index in [-0.39, 0.29) is 0 Å². The lowest BCUT2D eigenvalue weighted by molar-refractivity contribution is 0.389. The Morgan fingerprint density at radius 2 is 1.59 bits per heavy atom. The molecule has 0 amide bonds. The molecule has 7 heteroatoms. The zero-order valence-corrected chi connectivity index (χ0v) is 19.6. The number of piperidine rings is 1. The fraction of sp³-hybridized carbons (Fsp3) is 0.160. The summed E-state index contributed by atoms with van der Waals surface area (Å²) in [5, 5.41) is 1.52. The third-order valence-electron chi connectivity index (χ3n) is 5.71. The van der Waals surface area contributed by atoms with E-state index in [1.54, 1.807) is 28.8 Å². The molecule has 5 rings (SSSR count). The predicted molar refractivity (Wildman–Crippen MR) is 132 cm³/mol. The number of thiophene rings is 1. The molecule has 4 nitrogen and oxygen atoms in total. The standard InChI is InChI=1S/C25H21ClN2O2S2/c26-23-6-5-22-16-25(31-24(22)17-23)32(29,30)28-13-9-19(10-14-28)15-18-1-3-20(4-2-18)21-7-11-27-12-8-21/h1-8,11-12,15-17H,9-10,13-14H2. The highest BCUT2D eigenvalue weighted by atomic mass is 35.5. The lowest BCUT2D eigenvalue weighted by Crippen LogP contribution is -2.35. The molecule has 0 saturated carbocycles. The number of aromatic nitrogens is 1. The van der Waals surface area contributed by atoms with Crippen molar-refractivity contribution in [3.63, 3.8) is 0 Å². The molecule has 0 N–H and O–H groups in total. The summed E-state index contributed by atoms with van der Waals surface area (Å²) in [6.45, 7) is 0.997. The molecular weight excluding hydrogens is 460 g/mol. The van der Waals surface area contributed by atoms with Crippen LogP contribution in [0.4, 0.5) is 0 Å². The summed E-state index contributed by atoms with van der Waals surface area (Å²) in [5.41, 5.74) is 4.70. The molecule has 1 aliphatic heterocycles. The van der Waals surface area contributed by atoms with Crippen LogP contribution in [0, 0.1) is 0 Å². The second kappa shape index (κ2) is 8.79. The second-order valence-electron chi connectivity index (χ2n) is 7.81. The van der Waals surface area contributed by atoms with Crippen LogP contribution in [0.25, 0.3) is 27.3 Å². The third kappa shape index (κ3) is 4.36. The lowest BCUT2D eigenvalue weighted by atomic mass is 10.0. The number of rotatable bonds is 4. The molecule has 32 heavy (non-hydrogen) atoms. The summed E-state index contributed by atoms with van der Waals surface area (Å²) in [4.78, 5) is 4.06. The Morgan fingerprint density at radius 3 is 2.31 bits per heavy atom. The van der Waals surface area contributed by atoms with Gasteiger partial charge in [0.25, 0.3) is 10.0 Å². The van der Waals surface area contributed by atoms with E-state index in [1.165, 1.54) is 16.9 Å². The van der Waals surface area contributed by atoms with Crippen LogP contribution in [-0.2, 0) is 10.0 Å². The second-order valence-corrected chi connectivity index (χ2v) is 11.5. The van der Waals surface area contributed by atoms with Crippen molar-refractivity contribution in [2.75, 3.05) is 13.1 Å². The maximum absolute atomic E-state index is 13.2. The van der Waals surface area contributed by atoms with Crippen molar-refractivity contribution in [3.8, 4) is 11.1 Å². The number of nitrogens with zero attached hydrogens (tertiary/aromatic N) is 2. The summed E-state index contributed by atoms with van der Waals surface area (Å²) < 4.78 is 29.2. The fourth-order valence-electron chi connectivity index (χ4n) is 3.94. The largest absolute Gasteiger partial charge is 0.265 e. The molecule has 1 saturated heterocycles. The van der Waals surface area contributed by atoms with E-state index in [0.717, 1.165) is 39.6 Å². The van der Waals surface area contributed by atoms with Crippen LogP contribution in [0.15, 0.2) is 82.8 Å². The summed E-state index contributed by atoms with van der Waals surface area (Å²) in [5.74, 6) is 0. The van der Waals surface area contributed by atoms with Crippen molar-refractivity contribution in [3.05, 3.63) is 89.2 Å². The number of fused-ring (bicyclic) bond motifs is 1. The molecule has 1 aliphatic rings. The lowest BCUT2D eigenvalue weighted by Gasteiger charge is -2.27. The van der Waals surface area contributed by atoms with Gasteiger partial charge < -0.3 is 0 Å². The van der Waals surface area contributed by atoms with Crippen LogP contribution in [-0.4, -0.2) is 30.8 Å². The van der Waals surface area contributed by atoms with Crippen LogP contribution in [0.3, 0.4) is 0 Å². The van der Waals surface area contributed by atoms with Crippen LogP contribution < -0.4 is 0 Å². The Morgan fingerprint density at radius 1 is 0.906 bits per heavy atom. The van der Waals surface area contributed by atoms with Crippen molar-refractivity contribution in [1.82, 2.24) is 9.29 Å². The summed E-state index contributed by atoms with van der Waals surface area (Å²) in [7, 11) is -3.49. The van der Waals surface area contributed by atoms with Gasteiger partial charge in [-0.2, -0.15) is 4.31 Å². The molecule has 3 heterocycles. The monoisotopic (exact) mass is 480 g/mol. The Hall–Kier alpha value is -2.51. The number of halogens is 1. The molecule has 0 aliphatic carbocycles. The Bertz CT molecular complexity index is 1390. The van der Waals surface area contributed by atoms with Gasteiger partial charge in [-0.1, -0.05) is 53.6 Å². The van der Waals surface area contributed by atoms with Gasteiger partial charge in [-0.15, -0.1) is 11.3 Å². The Kier molecular flexibility index (Phi) is 5.86. The van der Waals surface area contributed by atoms with E-state index in [1.807, 2.05) is 24.3 Å². The van der Waals surface area contributed by atoms with Gasteiger partial charge in [0, 0.05) is 35.2 Å². The normalized spacial score (nSPS) is 15.2. The molecule has 2 aromatic carbocycles. The van der Waals surface area contributed by atoms with Crippen molar-refractivity contribution in [2.45, 2.75) is 17.1 Å². The van der Waals surface area contributed by atoms with Gasteiger partial charge in [0.15, 0.2) is 0 Å². The number of sulfonamides is 1. The molecular formula is C25H21ClN2O2S2. The van der Waals surface area contributed by atoms with Crippen molar-refractivity contribution in [2.24, 2.45) is 0 Å². The molecule has 1 fully saturated rings. The van der Waals surface area contributed by atoms with Gasteiger partial charge >= 0.3 is 0 Å². The Balaban J connectivity index is 1.28. The van der Waals surface area contributed by atoms with Gasteiger partial charge in [0.2, 0.25) is 0 Å². The third-order valence-corrected chi connectivity index (χ3v) is 9.39. The molecule has 0 bridgehead atoms. The number of hydrogen-bond acceptors (Lipinski definition) is 4. The van der Waals surface area contributed by atoms with E-state index in [0.29, 0.717) is 22.3 Å². The molecule has 0 radical (unpaired) electrons. The van der Waals surface area contributed by atoms with Gasteiger partial charge in [-0.05, 0) is 65.3 Å². The smallest absolute Gasteiger partial charge is 0.252 e. The van der Waals surface area contributed by atoms with Crippen molar-refractivity contribution < 1.29 is 8.42 Å². The Labute approximate surface area is 196 Å². The zero-order valence-electron chi connectivity index (χ0n) is 17.2. The first kappa shape index (κ1) is 21.3. The van der Waals surface area contributed by atoms with E-state index >= 15 is 0 Å². The number of benzene rings is 2. The van der Waals surface area contributed by atoms with Crippen molar-refractivity contribution in [1.29, 1.82) is 0 Å². The van der Waals surface area contributed by atoms with Gasteiger partial charge in [0.1, 0.15) is 4.21 Å². The first-order valence-corrected chi connectivity index (χ1v) is 13.0. The maximum Gasteiger partial charge on any atom is 0.252 e. The summed E-state index contributed by atoms with van der Waals surface area (Å²) >= 11 is 7.33. The van der Waals surface area contributed by atoms with Crippen molar-refractivity contribution >= 4 is 49.1 Å². The SMILES string of the molecule is O=S(=O)(c1cc2ccc(Cl)cc2s1)N1CCC(=Cc2ccc(-c3ccncc3)cc2)CC1. The minimum Gasteiger partial charge on any atom is -0.265 e. The summed E-state index contributed by atoms with van der Waals surface area (Å²) in [6, 6.07) is 19.6. The van der Waals surface area contributed by atoms with Gasteiger partial charge in [-0.3, -0.25) is 4.98 Å². The van der Waals surface area contributed by atoms with Crippen LogP contribution in [0.5, 0.6) is 0 Å². The van der Waals surface area contributed by atoms with Gasteiger partial charge in [-0.25, -0.2) is 8.42 Å². The minimum absolute atomic E-state index is 0.383. The highest BCUT2D eigenvalue weighted by Crippen LogP contribution is 2.34. The van der Waals surface area contributed by atoms with Crippen LogP contribution in [0.2, 0.25) is 5.02 Å². The number of hydrogen-bond donors (Lipinski definition) is 0. The average Bonchev–Trinajstić information content (AvgIpc) is 3.25. The van der Waals surface area contributed by atoms with E-state index < -0.39 is 10.0 Å². The first-order chi connectivity index (χ1) is 15.5.